The van der Waals surface area contributed by atoms with Gasteiger partial charge >= 0.3 is 5.97 Å². The zero-order valence-electron chi connectivity index (χ0n) is 12.6. The van der Waals surface area contributed by atoms with Crippen LogP contribution in [0.5, 0.6) is 11.5 Å². The molecule has 4 nitrogen and oxygen atoms in total. The Morgan fingerprint density at radius 2 is 1.96 bits per heavy atom. The van der Waals surface area contributed by atoms with Crippen molar-refractivity contribution < 1.29 is 19.1 Å². The molecule has 0 amide bonds. The predicted molar refractivity (Wildman–Crippen MR) is 86.9 cm³/mol. The molecule has 1 aliphatic heterocycles. The maximum Gasteiger partial charge on any atom is 0.308 e. The average molecular weight is 329 g/mol. The summed E-state index contributed by atoms with van der Waals surface area (Å²) < 4.78 is 10.8. The van der Waals surface area contributed by atoms with Gasteiger partial charge in [-0.2, -0.15) is 0 Å². The van der Waals surface area contributed by atoms with Crippen molar-refractivity contribution in [1.29, 1.82) is 0 Å². The molecule has 0 saturated heterocycles. The molecule has 2 aromatic rings. The number of allylic oxidation sites excluding steroid dienone is 1. The minimum absolute atomic E-state index is 0.191. The molecule has 0 atom stereocenters. The molecule has 0 spiro atoms. The van der Waals surface area contributed by atoms with Crippen LogP contribution in [0.2, 0.25) is 5.02 Å². The third kappa shape index (κ3) is 2.85. The van der Waals surface area contributed by atoms with E-state index in [0.717, 1.165) is 0 Å². The van der Waals surface area contributed by atoms with Gasteiger partial charge in [0.25, 0.3) is 0 Å². The van der Waals surface area contributed by atoms with Crippen LogP contribution in [0.3, 0.4) is 0 Å². The molecule has 1 aliphatic rings. The maximum atomic E-state index is 12.5. The van der Waals surface area contributed by atoms with Gasteiger partial charge in [-0.1, -0.05) is 29.8 Å². The van der Waals surface area contributed by atoms with E-state index in [1.165, 1.54) is 6.92 Å². The van der Waals surface area contributed by atoms with Crippen LogP contribution in [0.15, 0.2) is 42.2 Å². The van der Waals surface area contributed by atoms with Crippen LogP contribution in [0.4, 0.5) is 0 Å². The van der Waals surface area contributed by atoms with Crippen molar-refractivity contribution in [3.63, 3.8) is 0 Å². The molecular formula is C18H13ClO4. The van der Waals surface area contributed by atoms with Crippen LogP contribution in [0.25, 0.3) is 6.08 Å². The molecule has 0 aromatic heterocycles. The Labute approximate surface area is 138 Å². The minimum Gasteiger partial charge on any atom is -0.452 e. The summed E-state index contributed by atoms with van der Waals surface area (Å²) in [7, 11) is 0. The van der Waals surface area contributed by atoms with Gasteiger partial charge in [-0.05, 0) is 36.8 Å². The molecule has 1 heterocycles. The van der Waals surface area contributed by atoms with Crippen LogP contribution in [0.1, 0.15) is 28.4 Å². The Hall–Kier alpha value is -2.59. The molecule has 0 saturated carbocycles. The summed E-state index contributed by atoms with van der Waals surface area (Å²) in [6.07, 6.45) is 1.61. The fourth-order valence-electron chi connectivity index (χ4n) is 2.37. The van der Waals surface area contributed by atoms with E-state index in [4.69, 9.17) is 21.1 Å². The van der Waals surface area contributed by atoms with E-state index in [0.29, 0.717) is 33.2 Å². The highest BCUT2D eigenvalue weighted by Gasteiger charge is 2.30. The number of Topliss-reactive ketones (excluding diaryl/α,β-unsaturated/α-hetero) is 1. The summed E-state index contributed by atoms with van der Waals surface area (Å²) in [5.41, 5.74) is 1.74. The second-order valence-corrected chi connectivity index (χ2v) is 5.53. The minimum atomic E-state index is -0.427. The number of esters is 1. The predicted octanol–water partition coefficient (Wildman–Crippen LogP) is 4.19. The fourth-order valence-corrected chi connectivity index (χ4v) is 2.56. The van der Waals surface area contributed by atoms with Crippen molar-refractivity contribution in [2.45, 2.75) is 13.8 Å². The lowest BCUT2D eigenvalue weighted by atomic mass is 10.1. The third-order valence-corrected chi connectivity index (χ3v) is 3.83. The normalized spacial score (nSPS) is 14.6. The summed E-state index contributed by atoms with van der Waals surface area (Å²) in [5, 5.41) is 0.532. The molecule has 116 valence electrons. The second kappa shape index (κ2) is 5.89. The van der Waals surface area contributed by atoms with E-state index in [2.05, 4.69) is 0 Å². The van der Waals surface area contributed by atoms with Gasteiger partial charge in [0.1, 0.15) is 11.5 Å². The molecule has 0 aliphatic carbocycles. The Kier molecular flexibility index (Phi) is 3.92. The van der Waals surface area contributed by atoms with Crippen molar-refractivity contribution in [3.8, 4) is 11.5 Å². The topological polar surface area (TPSA) is 52.6 Å². The monoisotopic (exact) mass is 328 g/mol. The summed E-state index contributed by atoms with van der Waals surface area (Å²) in [6.45, 7) is 3.06. The van der Waals surface area contributed by atoms with Crippen molar-refractivity contribution in [1.82, 2.24) is 0 Å². The van der Waals surface area contributed by atoms with Crippen molar-refractivity contribution in [3.05, 3.63) is 63.9 Å². The highest BCUT2D eigenvalue weighted by atomic mass is 35.5. The molecule has 0 radical (unpaired) electrons. The summed E-state index contributed by atoms with van der Waals surface area (Å²) >= 11 is 6.11. The molecule has 0 unspecified atom stereocenters. The molecule has 0 bridgehead atoms. The number of hydrogen-bond acceptors (Lipinski definition) is 4. The fraction of sp³-hybridized carbons (Fsp3) is 0.111. The number of halogens is 1. The summed E-state index contributed by atoms with van der Waals surface area (Å²) in [5.74, 6) is 0.327. The lowest BCUT2D eigenvalue weighted by Gasteiger charge is -2.08. The largest absolute Gasteiger partial charge is 0.452 e. The van der Waals surface area contributed by atoms with E-state index in [-0.39, 0.29) is 11.5 Å². The third-order valence-electron chi connectivity index (χ3n) is 3.48. The number of ether oxygens (including phenoxy) is 2. The SMILES string of the molecule is CC(=O)Oc1ccc2c(c1C)O/C(=C\c1ccccc1Cl)C2=O. The van der Waals surface area contributed by atoms with Crippen LogP contribution >= 0.6 is 11.6 Å². The zero-order chi connectivity index (χ0) is 16.6. The van der Waals surface area contributed by atoms with Crippen LogP contribution in [-0.4, -0.2) is 11.8 Å². The molecular weight excluding hydrogens is 316 g/mol. The number of carbonyl (C=O) groups excluding carboxylic acids is 2. The first-order chi connectivity index (χ1) is 11.0. The number of benzene rings is 2. The number of fused-ring (bicyclic) bond motifs is 1. The lowest BCUT2D eigenvalue weighted by molar-refractivity contribution is -0.131. The Morgan fingerprint density at radius 1 is 1.22 bits per heavy atom. The van der Waals surface area contributed by atoms with E-state index < -0.39 is 5.97 Å². The summed E-state index contributed by atoms with van der Waals surface area (Å²) in [6, 6.07) is 10.4. The number of carbonyl (C=O) groups is 2. The van der Waals surface area contributed by atoms with Crippen molar-refractivity contribution in [2.24, 2.45) is 0 Å². The Morgan fingerprint density at radius 3 is 2.65 bits per heavy atom. The quantitative estimate of drug-likeness (QED) is 0.471. The number of hydrogen-bond donors (Lipinski definition) is 0. The smallest absolute Gasteiger partial charge is 0.308 e. The van der Waals surface area contributed by atoms with Crippen LogP contribution in [-0.2, 0) is 4.79 Å². The average Bonchev–Trinajstić information content (AvgIpc) is 2.82. The lowest BCUT2D eigenvalue weighted by Crippen LogP contribution is -2.03. The zero-order valence-corrected chi connectivity index (χ0v) is 13.3. The van der Waals surface area contributed by atoms with Gasteiger partial charge in [0.2, 0.25) is 5.78 Å². The molecule has 5 heteroatoms. The van der Waals surface area contributed by atoms with E-state index >= 15 is 0 Å². The highest BCUT2D eigenvalue weighted by Crippen LogP contribution is 2.39. The number of rotatable bonds is 2. The van der Waals surface area contributed by atoms with Crippen molar-refractivity contribution in [2.75, 3.05) is 0 Å². The first-order valence-corrected chi connectivity index (χ1v) is 7.36. The first kappa shape index (κ1) is 15.3. The Balaban J connectivity index is 2.01. The standard InChI is InChI=1S/C18H13ClO4/c1-10-15(22-11(2)20)8-7-13-17(21)16(23-18(10)13)9-12-5-3-4-6-14(12)19/h3-9H,1-2H3/b16-9-. The first-order valence-electron chi connectivity index (χ1n) is 6.98. The van der Waals surface area contributed by atoms with E-state index in [9.17, 15) is 9.59 Å². The van der Waals surface area contributed by atoms with Crippen LogP contribution < -0.4 is 9.47 Å². The van der Waals surface area contributed by atoms with Crippen molar-refractivity contribution >= 4 is 29.4 Å². The number of ketones is 1. The highest BCUT2D eigenvalue weighted by molar-refractivity contribution is 6.32. The Bertz CT molecular complexity index is 852. The van der Waals surface area contributed by atoms with Gasteiger partial charge in [0.05, 0.1) is 5.56 Å². The van der Waals surface area contributed by atoms with Gasteiger partial charge in [-0.3, -0.25) is 9.59 Å². The van der Waals surface area contributed by atoms with Gasteiger partial charge in [-0.15, -0.1) is 0 Å². The van der Waals surface area contributed by atoms with Gasteiger partial charge < -0.3 is 9.47 Å². The van der Waals surface area contributed by atoms with E-state index in [1.54, 1.807) is 37.3 Å². The summed E-state index contributed by atoms with van der Waals surface area (Å²) in [4.78, 5) is 23.6. The maximum absolute atomic E-state index is 12.5. The van der Waals surface area contributed by atoms with Crippen LogP contribution in [0, 0.1) is 6.92 Å². The van der Waals surface area contributed by atoms with Gasteiger partial charge in [0, 0.05) is 17.5 Å². The molecule has 23 heavy (non-hydrogen) atoms. The second-order valence-electron chi connectivity index (χ2n) is 5.12. The molecule has 0 fully saturated rings. The van der Waals surface area contributed by atoms with Gasteiger partial charge in [-0.25, -0.2) is 0 Å². The van der Waals surface area contributed by atoms with E-state index in [1.807, 2.05) is 12.1 Å². The molecule has 2 aromatic carbocycles. The van der Waals surface area contributed by atoms with Gasteiger partial charge in [0.15, 0.2) is 5.76 Å². The molecule has 3 rings (SSSR count). The molecule has 0 N–H and O–H groups in total.